The topological polar surface area (TPSA) is 58.2 Å². The van der Waals surface area contributed by atoms with E-state index in [9.17, 15) is 4.79 Å². The van der Waals surface area contributed by atoms with Gasteiger partial charge >= 0.3 is 0 Å². The van der Waals surface area contributed by atoms with Crippen LogP contribution in [0.3, 0.4) is 0 Å². The monoisotopic (exact) mass is 265 g/mol. The molecule has 0 spiro atoms. The lowest BCUT2D eigenvalue weighted by Gasteiger charge is -1.99. The molecule has 0 bridgehead atoms. The Morgan fingerprint density at radius 2 is 2.53 bits per heavy atom. The summed E-state index contributed by atoms with van der Waals surface area (Å²) in [5.74, 6) is 0.478. The number of nitriles is 1. The Hall–Kier alpha value is -1.38. The number of hydrogen-bond donors (Lipinski definition) is 0. The Labute approximate surface area is 106 Å². The van der Waals surface area contributed by atoms with E-state index in [1.54, 1.807) is 4.40 Å². The molecule has 0 N–H and O–H groups in total. The molecule has 0 saturated heterocycles. The quantitative estimate of drug-likeness (QED) is 0.782. The smallest absolute Gasteiger partial charge is 0.259 e. The third kappa shape index (κ3) is 1.65. The van der Waals surface area contributed by atoms with Crippen molar-refractivity contribution in [1.29, 1.82) is 5.26 Å². The second-order valence-electron chi connectivity index (χ2n) is 4.08. The van der Waals surface area contributed by atoms with Crippen molar-refractivity contribution in [1.82, 2.24) is 9.38 Å². The highest BCUT2D eigenvalue weighted by molar-refractivity contribution is 7.15. The molecule has 2 heterocycles. The minimum Gasteiger partial charge on any atom is -0.269 e. The van der Waals surface area contributed by atoms with E-state index in [-0.39, 0.29) is 23.3 Å². The average Bonchev–Trinajstić information content (AvgIpc) is 3.00. The van der Waals surface area contributed by atoms with Crippen molar-refractivity contribution in [2.24, 2.45) is 5.92 Å². The molecule has 2 aromatic rings. The Morgan fingerprint density at radius 3 is 3.18 bits per heavy atom. The molecular formula is C11H8ClN3OS. The van der Waals surface area contributed by atoms with Crippen LogP contribution < -0.4 is 5.56 Å². The number of aromatic nitrogens is 2. The van der Waals surface area contributed by atoms with E-state index >= 15 is 0 Å². The van der Waals surface area contributed by atoms with Crippen LogP contribution in [-0.4, -0.2) is 9.38 Å². The normalized spacial score (nSPS) is 22.6. The second-order valence-corrected chi connectivity index (χ2v) is 5.18. The van der Waals surface area contributed by atoms with E-state index < -0.39 is 0 Å². The number of alkyl halides is 1. The van der Waals surface area contributed by atoms with Gasteiger partial charge in [-0.2, -0.15) is 5.26 Å². The van der Waals surface area contributed by atoms with Crippen LogP contribution in [0, 0.1) is 17.2 Å². The standard InChI is InChI=1S/C11H8ClN3OS/c12-3-7-2-10(16)15-9(5-17-11(15)14-7)8-1-6(8)4-13/h2,5-6,8H,1,3H2. The van der Waals surface area contributed by atoms with Crippen LogP contribution in [0.25, 0.3) is 4.96 Å². The number of fused-ring (bicyclic) bond motifs is 1. The summed E-state index contributed by atoms with van der Waals surface area (Å²) < 4.78 is 1.60. The molecule has 1 saturated carbocycles. The SMILES string of the molecule is N#CC1CC1c1csc2nc(CCl)cc(=O)n12. The molecule has 6 heteroatoms. The van der Waals surface area contributed by atoms with Gasteiger partial charge in [0.1, 0.15) is 0 Å². The maximum atomic E-state index is 12.0. The minimum absolute atomic E-state index is 0.0485. The summed E-state index contributed by atoms with van der Waals surface area (Å²) in [5, 5.41) is 10.8. The lowest BCUT2D eigenvalue weighted by atomic mass is 10.2. The van der Waals surface area contributed by atoms with E-state index in [1.165, 1.54) is 17.4 Å². The van der Waals surface area contributed by atoms with Crippen LogP contribution in [0.2, 0.25) is 0 Å². The fourth-order valence-electron chi connectivity index (χ4n) is 1.98. The van der Waals surface area contributed by atoms with Gasteiger partial charge in [0.05, 0.1) is 23.6 Å². The predicted octanol–water partition coefficient (Wildman–Crippen LogP) is 2.12. The van der Waals surface area contributed by atoms with Crippen molar-refractivity contribution in [3.05, 3.63) is 33.2 Å². The molecule has 0 aromatic carbocycles. The molecule has 1 aliphatic rings. The third-order valence-electron chi connectivity index (χ3n) is 2.96. The zero-order chi connectivity index (χ0) is 12.0. The third-order valence-corrected chi connectivity index (χ3v) is 4.08. The van der Waals surface area contributed by atoms with Crippen molar-refractivity contribution >= 4 is 27.9 Å². The highest BCUT2D eigenvalue weighted by atomic mass is 35.5. The summed E-state index contributed by atoms with van der Waals surface area (Å²) in [6, 6.07) is 3.69. The van der Waals surface area contributed by atoms with Gasteiger partial charge in [-0.05, 0) is 6.42 Å². The molecule has 1 aliphatic carbocycles. The van der Waals surface area contributed by atoms with E-state index in [0.29, 0.717) is 10.7 Å². The van der Waals surface area contributed by atoms with E-state index in [0.717, 1.165) is 12.1 Å². The van der Waals surface area contributed by atoms with Crippen LogP contribution in [0.15, 0.2) is 16.2 Å². The Kier molecular flexibility index (Phi) is 2.42. The highest BCUT2D eigenvalue weighted by Gasteiger charge is 2.40. The summed E-state index contributed by atoms with van der Waals surface area (Å²) in [4.78, 5) is 16.9. The van der Waals surface area contributed by atoms with Crippen molar-refractivity contribution < 1.29 is 0 Å². The van der Waals surface area contributed by atoms with Gasteiger partial charge in [0.15, 0.2) is 4.96 Å². The largest absolute Gasteiger partial charge is 0.269 e. The summed E-state index contributed by atoms with van der Waals surface area (Å²) >= 11 is 7.10. The molecule has 2 unspecified atom stereocenters. The Bertz CT molecular complexity index is 684. The molecule has 1 fully saturated rings. The first-order valence-electron chi connectivity index (χ1n) is 5.20. The summed E-state index contributed by atoms with van der Waals surface area (Å²) in [7, 11) is 0. The molecule has 3 rings (SSSR count). The first kappa shape index (κ1) is 10.8. The molecule has 0 aliphatic heterocycles. The van der Waals surface area contributed by atoms with Crippen molar-refractivity contribution in [2.45, 2.75) is 18.2 Å². The molecular weight excluding hydrogens is 258 g/mol. The van der Waals surface area contributed by atoms with Gasteiger partial charge in [-0.25, -0.2) is 4.98 Å². The predicted molar refractivity (Wildman–Crippen MR) is 65.4 cm³/mol. The molecule has 2 aromatic heterocycles. The molecule has 17 heavy (non-hydrogen) atoms. The van der Waals surface area contributed by atoms with Crippen LogP contribution in [0.4, 0.5) is 0 Å². The molecule has 86 valence electrons. The van der Waals surface area contributed by atoms with Crippen LogP contribution in [0.5, 0.6) is 0 Å². The molecule has 0 amide bonds. The van der Waals surface area contributed by atoms with Gasteiger partial charge in [0.2, 0.25) is 0 Å². The summed E-state index contributed by atoms with van der Waals surface area (Å²) in [5.41, 5.74) is 1.40. The van der Waals surface area contributed by atoms with Crippen molar-refractivity contribution in [3.8, 4) is 6.07 Å². The first-order valence-corrected chi connectivity index (χ1v) is 6.61. The van der Waals surface area contributed by atoms with E-state index in [1.807, 2.05) is 5.38 Å². The molecule has 2 atom stereocenters. The maximum Gasteiger partial charge on any atom is 0.259 e. The molecule has 4 nitrogen and oxygen atoms in total. The van der Waals surface area contributed by atoms with Crippen LogP contribution in [-0.2, 0) is 5.88 Å². The van der Waals surface area contributed by atoms with Crippen molar-refractivity contribution in [2.75, 3.05) is 0 Å². The zero-order valence-electron chi connectivity index (χ0n) is 8.76. The van der Waals surface area contributed by atoms with Gasteiger partial charge in [-0.15, -0.1) is 22.9 Å². The second kappa shape index (κ2) is 3.83. The zero-order valence-corrected chi connectivity index (χ0v) is 10.3. The summed E-state index contributed by atoms with van der Waals surface area (Å²) in [6.07, 6.45) is 0.839. The van der Waals surface area contributed by atoms with Gasteiger partial charge in [-0.1, -0.05) is 0 Å². The fourth-order valence-corrected chi connectivity index (χ4v) is 3.09. The lowest BCUT2D eigenvalue weighted by Crippen LogP contribution is -2.15. The van der Waals surface area contributed by atoms with Gasteiger partial charge < -0.3 is 0 Å². The van der Waals surface area contributed by atoms with Gasteiger partial charge in [0, 0.05) is 23.1 Å². The minimum atomic E-state index is -0.106. The van der Waals surface area contributed by atoms with Crippen molar-refractivity contribution in [3.63, 3.8) is 0 Å². The number of nitrogens with zero attached hydrogens (tertiary/aromatic N) is 3. The number of hydrogen-bond acceptors (Lipinski definition) is 4. The van der Waals surface area contributed by atoms with Gasteiger partial charge in [0.25, 0.3) is 5.56 Å². The lowest BCUT2D eigenvalue weighted by molar-refractivity contribution is 0.899. The Balaban J connectivity index is 2.17. The first-order chi connectivity index (χ1) is 8.24. The number of thiazole rings is 1. The summed E-state index contributed by atoms with van der Waals surface area (Å²) in [6.45, 7) is 0. The van der Waals surface area contributed by atoms with E-state index in [2.05, 4.69) is 11.1 Å². The fraction of sp³-hybridized carbons (Fsp3) is 0.364. The number of rotatable bonds is 2. The molecule has 0 radical (unpaired) electrons. The van der Waals surface area contributed by atoms with Gasteiger partial charge in [-0.3, -0.25) is 9.20 Å². The maximum absolute atomic E-state index is 12.0. The highest BCUT2D eigenvalue weighted by Crippen LogP contribution is 2.47. The Morgan fingerprint density at radius 1 is 1.71 bits per heavy atom. The van der Waals surface area contributed by atoms with Crippen LogP contribution in [0.1, 0.15) is 23.7 Å². The van der Waals surface area contributed by atoms with E-state index in [4.69, 9.17) is 16.9 Å². The average molecular weight is 266 g/mol. The number of halogens is 1. The van der Waals surface area contributed by atoms with Crippen LogP contribution >= 0.6 is 22.9 Å².